The summed E-state index contributed by atoms with van der Waals surface area (Å²) in [5.74, 6) is -1.36. The van der Waals surface area contributed by atoms with Gasteiger partial charge in [0.2, 0.25) is 5.91 Å². The number of H-pyrrole nitrogens is 1. The Bertz CT molecular complexity index is 1440. The number of carbonyl (C=O) groups excluding carboxylic acids is 1. The number of hydrogen-bond donors (Lipinski definition) is 3. The highest BCUT2D eigenvalue weighted by Crippen LogP contribution is 2.38. The molecule has 1 amide bonds. The number of amides is 1. The third kappa shape index (κ3) is 4.20. The molecule has 0 spiro atoms. The van der Waals surface area contributed by atoms with Gasteiger partial charge < -0.3 is 15.1 Å². The molecule has 1 aliphatic heterocycles. The normalized spacial score (nSPS) is 15.6. The molecule has 1 unspecified atom stereocenters. The van der Waals surface area contributed by atoms with Crippen LogP contribution in [-0.2, 0) is 11.3 Å². The number of aromatic nitrogens is 1. The Morgan fingerprint density at radius 3 is 2.70 bits per heavy atom. The fourth-order valence-corrected chi connectivity index (χ4v) is 4.18. The second kappa shape index (κ2) is 8.69. The number of hydrogen-bond acceptors (Lipinski definition) is 5. The molecule has 0 radical (unpaired) electrons. The number of aromatic amines is 1. The summed E-state index contributed by atoms with van der Waals surface area (Å²) in [6, 6.07) is 18.5. The van der Waals surface area contributed by atoms with Gasteiger partial charge in [0.05, 0.1) is 16.9 Å². The Kier molecular flexibility index (Phi) is 5.58. The Hall–Kier alpha value is -3.68. The first kappa shape index (κ1) is 21.2. The second-order valence-electron chi connectivity index (χ2n) is 7.82. The van der Waals surface area contributed by atoms with E-state index in [9.17, 15) is 9.59 Å². The van der Waals surface area contributed by atoms with Crippen LogP contribution in [0.1, 0.15) is 29.5 Å². The number of anilines is 1. The van der Waals surface area contributed by atoms with Crippen LogP contribution < -0.4 is 16.4 Å². The maximum atomic E-state index is 13.1. The predicted octanol–water partition coefficient (Wildman–Crippen LogP) is 4.74. The van der Waals surface area contributed by atoms with Crippen molar-refractivity contribution in [3.8, 4) is 0 Å². The molecule has 5 rings (SSSR count). The maximum Gasteiger partial charge on any atom is 0.417 e. The van der Waals surface area contributed by atoms with Crippen molar-refractivity contribution in [1.29, 1.82) is 0 Å². The SMILES string of the molecule is CCNCc1ccc(N=C(c2ccc3[nH]c(=O)oc3c2)C2C(=O)Nc3cc(Cl)ccc32)cc1. The fourth-order valence-electron chi connectivity index (χ4n) is 4.00. The van der Waals surface area contributed by atoms with Crippen LogP contribution in [0.4, 0.5) is 11.4 Å². The zero-order valence-electron chi connectivity index (χ0n) is 17.8. The lowest BCUT2D eigenvalue weighted by molar-refractivity contribution is -0.115. The molecule has 0 saturated carbocycles. The molecule has 0 saturated heterocycles. The highest BCUT2D eigenvalue weighted by molar-refractivity contribution is 6.31. The topological polar surface area (TPSA) is 99.5 Å². The molecule has 1 atom stereocenters. The number of aliphatic imine (C=N–C) groups is 1. The molecular formula is C25H21ClN4O3. The predicted molar refractivity (Wildman–Crippen MR) is 130 cm³/mol. The number of oxazole rings is 1. The average molecular weight is 461 g/mol. The molecule has 1 aliphatic rings. The van der Waals surface area contributed by atoms with E-state index in [1.165, 1.54) is 0 Å². The van der Waals surface area contributed by atoms with Crippen molar-refractivity contribution in [3.05, 3.63) is 92.9 Å². The zero-order valence-corrected chi connectivity index (χ0v) is 18.6. The van der Waals surface area contributed by atoms with Crippen molar-refractivity contribution in [2.45, 2.75) is 19.4 Å². The first-order valence-electron chi connectivity index (χ1n) is 10.6. The van der Waals surface area contributed by atoms with E-state index >= 15 is 0 Å². The smallest absolute Gasteiger partial charge is 0.408 e. The lowest BCUT2D eigenvalue weighted by Crippen LogP contribution is -2.22. The standard InChI is InChI=1S/C25H21ClN4O3/c1-2-27-13-14-3-7-17(8-4-14)28-23(15-5-10-19-21(11-15)33-25(32)30-19)22-18-9-6-16(26)12-20(18)29-24(22)31/h3-12,22,27H,2,13H2,1H3,(H,29,31)(H,30,32). The lowest BCUT2D eigenvalue weighted by atomic mass is 9.90. The lowest BCUT2D eigenvalue weighted by Gasteiger charge is -2.14. The number of carbonyl (C=O) groups is 1. The number of nitrogens with zero attached hydrogens (tertiary/aromatic N) is 1. The summed E-state index contributed by atoms with van der Waals surface area (Å²) >= 11 is 6.13. The molecular weight excluding hydrogens is 440 g/mol. The molecule has 3 N–H and O–H groups in total. The Labute approximate surface area is 194 Å². The van der Waals surface area contributed by atoms with Crippen LogP contribution in [0.5, 0.6) is 0 Å². The minimum Gasteiger partial charge on any atom is -0.408 e. The van der Waals surface area contributed by atoms with Gasteiger partial charge in [0, 0.05) is 22.8 Å². The van der Waals surface area contributed by atoms with Gasteiger partial charge in [-0.1, -0.05) is 42.8 Å². The molecule has 0 aliphatic carbocycles. The number of halogens is 1. The van der Waals surface area contributed by atoms with Crippen LogP contribution in [0.3, 0.4) is 0 Å². The van der Waals surface area contributed by atoms with E-state index in [1.54, 1.807) is 24.3 Å². The van der Waals surface area contributed by atoms with Gasteiger partial charge in [-0.2, -0.15) is 0 Å². The summed E-state index contributed by atoms with van der Waals surface area (Å²) < 4.78 is 5.25. The van der Waals surface area contributed by atoms with Crippen molar-refractivity contribution < 1.29 is 9.21 Å². The van der Waals surface area contributed by atoms with Crippen molar-refractivity contribution in [2.75, 3.05) is 11.9 Å². The average Bonchev–Trinajstić information content (AvgIpc) is 3.33. The van der Waals surface area contributed by atoms with Crippen molar-refractivity contribution >= 4 is 45.7 Å². The molecule has 166 valence electrons. The Balaban J connectivity index is 1.63. The van der Waals surface area contributed by atoms with E-state index in [2.05, 4.69) is 22.5 Å². The summed E-state index contributed by atoms with van der Waals surface area (Å²) in [6.45, 7) is 3.73. The van der Waals surface area contributed by atoms with E-state index in [0.717, 1.165) is 29.9 Å². The Morgan fingerprint density at radius 2 is 1.91 bits per heavy atom. The van der Waals surface area contributed by atoms with Gasteiger partial charge in [0.1, 0.15) is 5.92 Å². The minimum absolute atomic E-state index is 0.189. The fraction of sp³-hybridized carbons (Fsp3) is 0.160. The second-order valence-corrected chi connectivity index (χ2v) is 8.26. The third-order valence-electron chi connectivity index (χ3n) is 5.60. The van der Waals surface area contributed by atoms with Gasteiger partial charge in [-0.3, -0.25) is 14.8 Å². The van der Waals surface area contributed by atoms with Crippen molar-refractivity contribution in [2.24, 2.45) is 4.99 Å². The maximum absolute atomic E-state index is 13.1. The molecule has 1 aromatic heterocycles. The third-order valence-corrected chi connectivity index (χ3v) is 5.84. The van der Waals surface area contributed by atoms with E-state index in [0.29, 0.717) is 33.1 Å². The van der Waals surface area contributed by atoms with Crippen LogP contribution in [0.25, 0.3) is 11.1 Å². The number of fused-ring (bicyclic) bond motifs is 2. The van der Waals surface area contributed by atoms with Crippen LogP contribution in [-0.4, -0.2) is 23.1 Å². The van der Waals surface area contributed by atoms with Crippen LogP contribution in [0.15, 0.2) is 74.9 Å². The van der Waals surface area contributed by atoms with E-state index in [1.807, 2.05) is 36.4 Å². The summed E-state index contributed by atoms with van der Waals surface area (Å²) in [7, 11) is 0. The van der Waals surface area contributed by atoms with Crippen molar-refractivity contribution in [1.82, 2.24) is 10.3 Å². The molecule has 2 heterocycles. The quantitative estimate of drug-likeness (QED) is 0.362. The highest BCUT2D eigenvalue weighted by Gasteiger charge is 2.35. The largest absolute Gasteiger partial charge is 0.417 e. The summed E-state index contributed by atoms with van der Waals surface area (Å²) in [5.41, 5.74) is 5.55. The van der Waals surface area contributed by atoms with Gasteiger partial charge in [-0.15, -0.1) is 0 Å². The summed E-state index contributed by atoms with van der Waals surface area (Å²) in [6.07, 6.45) is 0. The van der Waals surface area contributed by atoms with Gasteiger partial charge in [-0.05, 0) is 54.1 Å². The summed E-state index contributed by atoms with van der Waals surface area (Å²) in [5, 5.41) is 6.74. The van der Waals surface area contributed by atoms with Crippen LogP contribution >= 0.6 is 11.6 Å². The molecule has 33 heavy (non-hydrogen) atoms. The minimum atomic E-state index is -0.637. The molecule has 4 aromatic rings. The van der Waals surface area contributed by atoms with E-state index < -0.39 is 11.7 Å². The van der Waals surface area contributed by atoms with Gasteiger partial charge in [0.25, 0.3) is 0 Å². The Morgan fingerprint density at radius 1 is 1.09 bits per heavy atom. The number of benzene rings is 3. The highest BCUT2D eigenvalue weighted by atomic mass is 35.5. The van der Waals surface area contributed by atoms with E-state index in [4.69, 9.17) is 21.0 Å². The van der Waals surface area contributed by atoms with Gasteiger partial charge >= 0.3 is 5.76 Å². The van der Waals surface area contributed by atoms with Gasteiger partial charge in [0.15, 0.2) is 5.58 Å². The van der Waals surface area contributed by atoms with Crippen molar-refractivity contribution in [3.63, 3.8) is 0 Å². The molecule has 8 heteroatoms. The number of rotatable bonds is 6. The van der Waals surface area contributed by atoms with E-state index in [-0.39, 0.29) is 5.91 Å². The molecule has 0 bridgehead atoms. The molecule has 3 aromatic carbocycles. The van der Waals surface area contributed by atoms with Crippen LogP contribution in [0.2, 0.25) is 5.02 Å². The molecule has 7 nitrogen and oxygen atoms in total. The van der Waals surface area contributed by atoms with Crippen LogP contribution in [0, 0.1) is 0 Å². The first-order valence-corrected chi connectivity index (χ1v) is 11.0. The molecule has 0 fully saturated rings. The number of nitrogens with one attached hydrogen (secondary N) is 3. The van der Waals surface area contributed by atoms with Gasteiger partial charge in [-0.25, -0.2) is 4.79 Å². The first-order chi connectivity index (χ1) is 16.0. The zero-order chi connectivity index (χ0) is 22.9. The summed E-state index contributed by atoms with van der Waals surface area (Å²) in [4.78, 5) is 32.2. The monoisotopic (exact) mass is 460 g/mol.